The highest BCUT2D eigenvalue weighted by atomic mass is 16.5. The summed E-state index contributed by atoms with van der Waals surface area (Å²) in [5.74, 6) is 2.13. The predicted molar refractivity (Wildman–Crippen MR) is 121 cm³/mol. The fourth-order valence-electron chi connectivity index (χ4n) is 3.84. The lowest BCUT2D eigenvalue weighted by Gasteiger charge is -2.34. The van der Waals surface area contributed by atoms with Crippen molar-refractivity contribution in [1.29, 1.82) is 0 Å². The Balaban J connectivity index is 1.63. The fraction of sp³-hybridized carbons (Fsp3) is 0.391. The molecule has 9 heteroatoms. The van der Waals surface area contributed by atoms with Gasteiger partial charge in [0.1, 0.15) is 12.4 Å². The van der Waals surface area contributed by atoms with Crippen LogP contribution in [0, 0.1) is 0 Å². The van der Waals surface area contributed by atoms with Gasteiger partial charge in [0.05, 0.1) is 26.5 Å². The molecule has 1 aliphatic heterocycles. The van der Waals surface area contributed by atoms with E-state index in [0.29, 0.717) is 19.1 Å². The molecule has 4 rings (SSSR count). The second-order valence-electron chi connectivity index (χ2n) is 7.74. The van der Waals surface area contributed by atoms with Crippen LogP contribution in [0.4, 0.5) is 5.95 Å². The lowest BCUT2D eigenvalue weighted by atomic mass is 10.0. The quantitative estimate of drug-likeness (QED) is 0.555. The van der Waals surface area contributed by atoms with Crippen LogP contribution in [-0.4, -0.2) is 72.8 Å². The molecular formula is C23H28N6O3. The third kappa shape index (κ3) is 4.63. The SMILES string of the molecule is COc1cccc(CN2CCO[C@@H](c3nc(N(C)C)ncc3-c3cncnc3)C2)c1OC. The van der Waals surface area contributed by atoms with E-state index in [2.05, 4.69) is 25.9 Å². The smallest absolute Gasteiger partial charge is 0.225 e. The maximum absolute atomic E-state index is 6.18. The molecule has 1 saturated heterocycles. The molecule has 0 saturated carbocycles. The van der Waals surface area contributed by atoms with Gasteiger partial charge in [0.2, 0.25) is 5.95 Å². The summed E-state index contributed by atoms with van der Waals surface area (Å²) in [4.78, 5) is 21.9. The van der Waals surface area contributed by atoms with Crippen molar-refractivity contribution in [2.24, 2.45) is 0 Å². The van der Waals surface area contributed by atoms with E-state index in [1.54, 1.807) is 26.6 Å². The number of methoxy groups -OCH3 is 2. The van der Waals surface area contributed by atoms with E-state index in [4.69, 9.17) is 19.2 Å². The van der Waals surface area contributed by atoms with Gasteiger partial charge < -0.3 is 19.1 Å². The van der Waals surface area contributed by atoms with Crippen molar-refractivity contribution in [3.8, 4) is 22.6 Å². The summed E-state index contributed by atoms with van der Waals surface area (Å²) in [7, 11) is 7.17. The number of hydrogen-bond donors (Lipinski definition) is 0. The largest absolute Gasteiger partial charge is 0.493 e. The van der Waals surface area contributed by atoms with E-state index in [9.17, 15) is 0 Å². The van der Waals surface area contributed by atoms with Crippen LogP contribution in [0.5, 0.6) is 11.5 Å². The lowest BCUT2D eigenvalue weighted by Crippen LogP contribution is -2.38. The Labute approximate surface area is 188 Å². The van der Waals surface area contributed by atoms with Gasteiger partial charge in [-0.3, -0.25) is 4.90 Å². The molecule has 168 valence electrons. The number of ether oxygens (including phenoxy) is 3. The van der Waals surface area contributed by atoms with Crippen molar-refractivity contribution >= 4 is 5.95 Å². The normalized spacial score (nSPS) is 16.6. The number of para-hydroxylation sites is 1. The van der Waals surface area contributed by atoms with Gasteiger partial charge in [0.15, 0.2) is 11.5 Å². The van der Waals surface area contributed by atoms with E-state index in [1.807, 2.05) is 37.3 Å². The average molecular weight is 437 g/mol. The molecule has 0 radical (unpaired) electrons. The molecule has 1 atom stereocenters. The fourth-order valence-corrected chi connectivity index (χ4v) is 3.84. The number of benzene rings is 1. The van der Waals surface area contributed by atoms with E-state index in [1.165, 1.54) is 6.33 Å². The number of morpholine rings is 1. The van der Waals surface area contributed by atoms with Crippen LogP contribution in [0.3, 0.4) is 0 Å². The number of anilines is 1. The minimum Gasteiger partial charge on any atom is -0.493 e. The van der Waals surface area contributed by atoms with E-state index in [0.717, 1.165) is 47.0 Å². The molecule has 0 aliphatic carbocycles. The molecule has 1 aliphatic rings. The predicted octanol–water partition coefficient (Wildman–Crippen LogP) is 2.59. The van der Waals surface area contributed by atoms with Crippen molar-refractivity contribution in [2.75, 3.05) is 52.9 Å². The molecule has 1 fully saturated rings. The highest BCUT2D eigenvalue weighted by Gasteiger charge is 2.28. The number of hydrogen-bond acceptors (Lipinski definition) is 9. The summed E-state index contributed by atoms with van der Waals surface area (Å²) in [6.07, 6.45) is 6.66. The molecular weight excluding hydrogens is 408 g/mol. The summed E-state index contributed by atoms with van der Waals surface area (Å²) in [6.45, 7) is 2.82. The Morgan fingerprint density at radius 3 is 2.66 bits per heavy atom. The Morgan fingerprint density at radius 2 is 1.94 bits per heavy atom. The zero-order chi connectivity index (χ0) is 22.5. The Morgan fingerprint density at radius 1 is 1.12 bits per heavy atom. The van der Waals surface area contributed by atoms with Gasteiger partial charge in [-0.05, 0) is 6.07 Å². The third-order valence-corrected chi connectivity index (χ3v) is 5.41. The second-order valence-corrected chi connectivity index (χ2v) is 7.74. The summed E-state index contributed by atoms with van der Waals surface area (Å²) in [5.41, 5.74) is 3.65. The zero-order valence-electron chi connectivity index (χ0n) is 18.9. The van der Waals surface area contributed by atoms with Crippen molar-refractivity contribution in [2.45, 2.75) is 12.6 Å². The first-order valence-electron chi connectivity index (χ1n) is 10.4. The first-order valence-corrected chi connectivity index (χ1v) is 10.4. The minimum atomic E-state index is -0.211. The topological polar surface area (TPSA) is 85.7 Å². The van der Waals surface area contributed by atoms with Gasteiger partial charge in [-0.2, -0.15) is 0 Å². The molecule has 3 heterocycles. The van der Waals surface area contributed by atoms with Crippen LogP contribution in [0.2, 0.25) is 0 Å². The van der Waals surface area contributed by atoms with Crippen molar-refractivity contribution in [3.63, 3.8) is 0 Å². The van der Waals surface area contributed by atoms with Crippen LogP contribution >= 0.6 is 0 Å². The number of nitrogens with zero attached hydrogens (tertiary/aromatic N) is 6. The molecule has 1 aromatic carbocycles. The van der Waals surface area contributed by atoms with Crippen LogP contribution in [0.1, 0.15) is 17.4 Å². The molecule has 0 bridgehead atoms. The Kier molecular flexibility index (Phi) is 6.77. The summed E-state index contributed by atoms with van der Waals surface area (Å²) >= 11 is 0. The summed E-state index contributed by atoms with van der Waals surface area (Å²) < 4.78 is 17.3. The van der Waals surface area contributed by atoms with Crippen LogP contribution in [0.25, 0.3) is 11.1 Å². The molecule has 0 amide bonds. The molecule has 3 aromatic rings. The summed E-state index contributed by atoms with van der Waals surface area (Å²) in [6, 6.07) is 5.95. The molecule has 0 unspecified atom stereocenters. The van der Waals surface area contributed by atoms with Crippen molar-refractivity contribution in [1.82, 2.24) is 24.8 Å². The first kappa shape index (κ1) is 21.9. The van der Waals surface area contributed by atoms with Gasteiger partial charge in [-0.25, -0.2) is 19.9 Å². The molecule has 32 heavy (non-hydrogen) atoms. The first-order chi connectivity index (χ1) is 15.6. The lowest BCUT2D eigenvalue weighted by molar-refractivity contribution is -0.0348. The highest BCUT2D eigenvalue weighted by Crippen LogP contribution is 2.34. The van der Waals surface area contributed by atoms with Gasteiger partial charge in [0.25, 0.3) is 0 Å². The Bertz CT molecular complexity index is 1050. The van der Waals surface area contributed by atoms with E-state index >= 15 is 0 Å². The van der Waals surface area contributed by atoms with Crippen LogP contribution in [-0.2, 0) is 11.3 Å². The standard InChI is InChI=1S/C23H28N6O3/c1-28(2)23-26-12-18(17-10-24-15-25-11-17)21(27-23)20-14-29(8-9-32-20)13-16-6-5-7-19(30-3)22(16)31-4/h5-7,10-12,15,20H,8-9,13-14H2,1-4H3/t20-/m1/s1. The van der Waals surface area contributed by atoms with Crippen molar-refractivity contribution in [3.05, 3.63) is 54.4 Å². The Hall–Kier alpha value is -3.30. The van der Waals surface area contributed by atoms with Crippen molar-refractivity contribution < 1.29 is 14.2 Å². The average Bonchev–Trinajstić information content (AvgIpc) is 2.84. The zero-order valence-corrected chi connectivity index (χ0v) is 18.9. The molecule has 0 spiro atoms. The van der Waals surface area contributed by atoms with Crippen LogP contribution in [0.15, 0.2) is 43.1 Å². The second kappa shape index (κ2) is 9.88. The van der Waals surface area contributed by atoms with Gasteiger partial charge in [0, 0.05) is 69.0 Å². The van der Waals surface area contributed by atoms with Crippen LogP contribution < -0.4 is 14.4 Å². The minimum absolute atomic E-state index is 0.211. The maximum Gasteiger partial charge on any atom is 0.225 e. The van der Waals surface area contributed by atoms with E-state index in [-0.39, 0.29) is 6.10 Å². The third-order valence-electron chi connectivity index (χ3n) is 5.41. The monoisotopic (exact) mass is 436 g/mol. The summed E-state index contributed by atoms with van der Waals surface area (Å²) in [5, 5.41) is 0. The van der Waals surface area contributed by atoms with Gasteiger partial charge in [-0.1, -0.05) is 12.1 Å². The molecule has 2 aromatic heterocycles. The molecule has 9 nitrogen and oxygen atoms in total. The highest BCUT2D eigenvalue weighted by molar-refractivity contribution is 5.64. The number of rotatable bonds is 7. The van der Waals surface area contributed by atoms with E-state index < -0.39 is 0 Å². The maximum atomic E-state index is 6.18. The number of aromatic nitrogens is 4. The van der Waals surface area contributed by atoms with Gasteiger partial charge >= 0.3 is 0 Å². The molecule has 0 N–H and O–H groups in total. The van der Waals surface area contributed by atoms with Gasteiger partial charge in [-0.15, -0.1) is 0 Å².